The largest absolute Gasteiger partial charge is 0.404 e. The summed E-state index contributed by atoms with van der Waals surface area (Å²) in [5.41, 5.74) is 24.1. The van der Waals surface area contributed by atoms with Crippen molar-refractivity contribution in [3.63, 3.8) is 0 Å². The maximum absolute atomic E-state index is 7.95. The minimum absolute atomic E-state index is 0.423. The molecule has 0 spiro atoms. The zero-order valence-electron chi connectivity index (χ0n) is 31.3. The van der Waals surface area contributed by atoms with Crippen LogP contribution >= 0.6 is 0 Å². The summed E-state index contributed by atoms with van der Waals surface area (Å²) < 4.78 is 4.76. The van der Waals surface area contributed by atoms with Gasteiger partial charge in [0, 0.05) is 45.0 Å². The lowest BCUT2D eigenvalue weighted by molar-refractivity contribution is 0.898. The molecule has 2 heterocycles. The Kier molecular flexibility index (Phi) is 10.1. The van der Waals surface area contributed by atoms with Gasteiger partial charge in [-0.3, -0.25) is 0 Å². The smallest absolute Gasteiger partial charge is 0.0632 e. The number of rotatable bonds is 8. The monoisotopic (exact) mass is 725 g/mol. The minimum atomic E-state index is 0.423. The molecule has 9 aromatic rings. The molecule has 2 aromatic heterocycles. The molecule has 9 rings (SSSR count). The Hall–Kier alpha value is -7.37. The number of para-hydroxylation sites is 3. The van der Waals surface area contributed by atoms with Crippen molar-refractivity contribution < 1.29 is 0 Å². The molecule has 0 unspecified atom stereocenters. The van der Waals surface area contributed by atoms with Crippen molar-refractivity contribution in [3.05, 3.63) is 217 Å². The SMILES string of the molecule is CC(/C=C\Cn1c2ccccc2c2ccc(-c3ccc4c(c3)c3ccccc3n4-c3ccccc3)cc21)=C/N.N=C(/C=C(\N)c1ccccc1)c1ccccc1. The Bertz CT molecular complexity index is 2910. The quantitative estimate of drug-likeness (QED) is 0.108. The fourth-order valence-electron chi connectivity index (χ4n) is 7.40. The van der Waals surface area contributed by atoms with E-state index in [0.29, 0.717) is 11.4 Å². The molecule has 0 fully saturated rings. The number of fused-ring (bicyclic) bond motifs is 6. The summed E-state index contributed by atoms with van der Waals surface area (Å²) >= 11 is 0. The molecule has 0 aliphatic rings. The molecule has 0 saturated carbocycles. The summed E-state index contributed by atoms with van der Waals surface area (Å²) in [6, 6.07) is 60.9. The summed E-state index contributed by atoms with van der Waals surface area (Å²) in [7, 11) is 0. The van der Waals surface area contributed by atoms with E-state index in [1.54, 1.807) is 12.3 Å². The van der Waals surface area contributed by atoms with Crippen LogP contribution in [0.25, 0.3) is 66.1 Å². The van der Waals surface area contributed by atoms with Crippen LogP contribution in [0.2, 0.25) is 0 Å². The Morgan fingerprint density at radius 1 is 0.554 bits per heavy atom. The molecule has 0 aliphatic heterocycles. The molecule has 272 valence electrons. The normalized spacial score (nSPS) is 12.1. The fourth-order valence-corrected chi connectivity index (χ4v) is 7.40. The van der Waals surface area contributed by atoms with Gasteiger partial charge in [0.05, 0.1) is 22.3 Å². The number of nitrogens with zero attached hydrogens (tertiary/aromatic N) is 2. The van der Waals surface area contributed by atoms with Crippen LogP contribution in [0.4, 0.5) is 0 Å². The van der Waals surface area contributed by atoms with Crippen molar-refractivity contribution in [1.82, 2.24) is 9.13 Å². The van der Waals surface area contributed by atoms with Crippen molar-refractivity contribution in [2.24, 2.45) is 11.5 Å². The van der Waals surface area contributed by atoms with Crippen molar-refractivity contribution in [3.8, 4) is 16.8 Å². The van der Waals surface area contributed by atoms with Gasteiger partial charge in [-0.15, -0.1) is 0 Å². The summed E-state index contributed by atoms with van der Waals surface area (Å²) in [5.74, 6) is 0. The summed E-state index contributed by atoms with van der Waals surface area (Å²) in [6.45, 7) is 2.80. The second-order valence-electron chi connectivity index (χ2n) is 13.8. The highest BCUT2D eigenvalue weighted by Crippen LogP contribution is 2.37. The van der Waals surface area contributed by atoms with Crippen molar-refractivity contribution >= 4 is 55.0 Å². The molecule has 0 atom stereocenters. The molecule has 0 saturated heterocycles. The van der Waals surface area contributed by atoms with Gasteiger partial charge in [0.25, 0.3) is 0 Å². The van der Waals surface area contributed by atoms with Crippen LogP contribution < -0.4 is 11.5 Å². The lowest BCUT2D eigenvalue weighted by atomic mass is 10.0. The maximum Gasteiger partial charge on any atom is 0.0632 e. The van der Waals surface area contributed by atoms with E-state index in [2.05, 4.69) is 137 Å². The van der Waals surface area contributed by atoms with E-state index < -0.39 is 0 Å². The van der Waals surface area contributed by atoms with Gasteiger partial charge in [-0.25, -0.2) is 0 Å². The minimum Gasteiger partial charge on any atom is -0.404 e. The van der Waals surface area contributed by atoms with E-state index in [1.165, 1.54) is 60.4 Å². The molecular formula is C51H43N5. The van der Waals surface area contributed by atoms with E-state index in [1.807, 2.05) is 67.6 Å². The molecule has 5 heteroatoms. The van der Waals surface area contributed by atoms with Gasteiger partial charge in [0.15, 0.2) is 0 Å². The van der Waals surface area contributed by atoms with Crippen molar-refractivity contribution in [2.75, 3.05) is 0 Å². The first kappa shape index (κ1) is 35.6. The highest BCUT2D eigenvalue weighted by atomic mass is 15.0. The average molecular weight is 726 g/mol. The lowest BCUT2D eigenvalue weighted by Gasteiger charge is -2.09. The van der Waals surface area contributed by atoms with E-state index in [0.717, 1.165) is 23.2 Å². The Morgan fingerprint density at radius 2 is 1.09 bits per heavy atom. The van der Waals surface area contributed by atoms with Gasteiger partial charge < -0.3 is 26.0 Å². The van der Waals surface area contributed by atoms with Gasteiger partial charge >= 0.3 is 0 Å². The van der Waals surface area contributed by atoms with Crippen molar-refractivity contribution in [2.45, 2.75) is 13.5 Å². The van der Waals surface area contributed by atoms with Crippen LogP contribution in [0.3, 0.4) is 0 Å². The van der Waals surface area contributed by atoms with Crippen LogP contribution in [-0.4, -0.2) is 14.8 Å². The zero-order chi connectivity index (χ0) is 38.4. The van der Waals surface area contributed by atoms with E-state index in [9.17, 15) is 0 Å². The highest BCUT2D eigenvalue weighted by Gasteiger charge is 2.15. The zero-order valence-corrected chi connectivity index (χ0v) is 31.3. The summed E-state index contributed by atoms with van der Waals surface area (Å²) in [6.07, 6.45) is 7.60. The number of hydrogen-bond donors (Lipinski definition) is 3. The third-order valence-corrected chi connectivity index (χ3v) is 10.2. The summed E-state index contributed by atoms with van der Waals surface area (Å²) in [5, 5.41) is 13.0. The standard InChI is InChI=1S/C36H29N3.C15H14N2/c1-25(24-37)10-9-21-38-33-15-7-5-13-29(33)31-19-17-27(23-36(31)38)26-18-20-35-32(22-26)30-14-6-8-16-34(30)39(35)28-11-3-2-4-12-28;16-14(12-7-3-1-4-8-12)11-15(17)13-9-5-2-6-10-13/h2-20,22-24H,21,37H2,1H3;1-11,16H,17H2/b10-9-,25-24-;15-11-,16-14?. The predicted molar refractivity (Wildman–Crippen MR) is 238 cm³/mol. The van der Waals surface area contributed by atoms with Gasteiger partial charge in [-0.2, -0.15) is 0 Å². The first-order valence-electron chi connectivity index (χ1n) is 18.8. The molecule has 0 amide bonds. The maximum atomic E-state index is 7.95. The third-order valence-electron chi connectivity index (χ3n) is 10.2. The molecular weight excluding hydrogens is 683 g/mol. The van der Waals surface area contributed by atoms with Crippen LogP contribution in [0.15, 0.2) is 206 Å². The number of aromatic nitrogens is 2. The Balaban J connectivity index is 0.000000218. The first-order valence-corrected chi connectivity index (χ1v) is 18.8. The average Bonchev–Trinajstić information content (AvgIpc) is 3.76. The number of nitrogens with two attached hydrogens (primary N) is 2. The van der Waals surface area contributed by atoms with Gasteiger partial charge in [-0.1, -0.05) is 146 Å². The highest BCUT2D eigenvalue weighted by molar-refractivity contribution is 6.12. The number of benzene rings is 7. The van der Waals surface area contributed by atoms with Crippen molar-refractivity contribution in [1.29, 1.82) is 5.41 Å². The molecule has 5 N–H and O–H groups in total. The first-order chi connectivity index (χ1) is 27.5. The van der Waals surface area contributed by atoms with Gasteiger partial charge in [-0.05, 0) is 89.5 Å². The predicted octanol–water partition coefficient (Wildman–Crippen LogP) is 12.0. The molecule has 5 nitrogen and oxygen atoms in total. The van der Waals surface area contributed by atoms with E-state index in [4.69, 9.17) is 16.9 Å². The topological polar surface area (TPSA) is 85.8 Å². The van der Waals surface area contributed by atoms with Gasteiger partial charge in [0.1, 0.15) is 0 Å². The lowest BCUT2D eigenvalue weighted by Crippen LogP contribution is -2.02. The molecule has 0 bridgehead atoms. The second kappa shape index (κ2) is 15.9. The molecule has 0 aliphatic carbocycles. The molecule has 56 heavy (non-hydrogen) atoms. The number of nitrogens with one attached hydrogen (secondary N) is 1. The number of hydrogen-bond acceptors (Lipinski definition) is 3. The summed E-state index contributed by atoms with van der Waals surface area (Å²) in [4.78, 5) is 0. The van der Waals surface area contributed by atoms with Gasteiger partial charge in [0.2, 0.25) is 0 Å². The second-order valence-corrected chi connectivity index (χ2v) is 13.8. The Labute approximate surface area is 327 Å². The third kappa shape index (κ3) is 7.14. The van der Waals surface area contributed by atoms with Crippen LogP contribution in [0.1, 0.15) is 18.1 Å². The van der Waals surface area contributed by atoms with E-state index in [-0.39, 0.29) is 0 Å². The molecule has 0 radical (unpaired) electrons. The van der Waals surface area contributed by atoms with Crippen LogP contribution in [0.5, 0.6) is 0 Å². The molecule has 7 aromatic carbocycles. The fraction of sp³-hybridized carbons (Fsp3) is 0.0392. The van der Waals surface area contributed by atoms with E-state index >= 15 is 0 Å². The van der Waals surface area contributed by atoms with Crippen LogP contribution in [-0.2, 0) is 6.54 Å². The van der Waals surface area contributed by atoms with Crippen LogP contribution in [0, 0.1) is 5.41 Å². The number of allylic oxidation sites excluding steroid dienone is 4. The Morgan fingerprint density at radius 3 is 1.79 bits per heavy atom.